The van der Waals surface area contributed by atoms with Crippen molar-refractivity contribution in [2.45, 2.75) is 39.1 Å². The first-order valence-corrected chi connectivity index (χ1v) is 11.1. The Morgan fingerprint density at radius 1 is 1.16 bits per heavy atom. The lowest BCUT2D eigenvalue weighted by atomic mass is 9.72. The van der Waals surface area contributed by atoms with Crippen LogP contribution >= 0.6 is 0 Å². The molecule has 7 heteroatoms. The molecule has 1 atom stereocenters. The zero-order chi connectivity index (χ0) is 21.8. The van der Waals surface area contributed by atoms with E-state index in [2.05, 4.69) is 60.2 Å². The van der Waals surface area contributed by atoms with E-state index in [0.717, 1.165) is 53.0 Å². The Kier molecular flexibility index (Phi) is 6.34. The number of nitrogens with one attached hydrogen (secondary N) is 1. The summed E-state index contributed by atoms with van der Waals surface area (Å²) >= 11 is 0. The summed E-state index contributed by atoms with van der Waals surface area (Å²) < 4.78 is 2.24. The standard InChI is InChI=1S/C24H30BN5O/c1-4-25-14-16-29-24-19-10-6-5-9-18(19)17-30(3,22(31)13-15-26-2)21-12-8-7-11-20(21)23(24)27-28-29/h5-12,26H,4,13-17H2,1-3H3/q+1. The van der Waals surface area contributed by atoms with Gasteiger partial charge in [-0.15, -0.1) is 5.10 Å². The van der Waals surface area contributed by atoms with Crippen molar-refractivity contribution >= 4 is 18.9 Å². The Bertz CT molecular complexity index is 1080. The molecular formula is C24H30BN5O+. The molecule has 1 amide bonds. The highest BCUT2D eigenvalue weighted by Crippen LogP contribution is 2.43. The van der Waals surface area contributed by atoms with E-state index in [-0.39, 0.29) is 10.4 Å². The molecule has 1 N–H and O–H groups in total. The average Bonchev–Trinajstić information content (AvgIpc) is 3.20. The Morgan fingerprint density at radius 3 is 2.68 bits per heavy atom. The normalized spacial score (nSPS) is 17.1. The third-order valence-corrected chi connectivity index (χ3v) is 6.16. The van der Waals surface area contributed by atoms with Crippen molar-refractivity contribution in [2.24, 2.45) is 0 Å². The minimum Gasteiger partial charge on any atom is -0.319 e. The second kappa shape index (κ2) is 9.16. The predicted molar refractivity (Wildman–Crippen MR) is 127 cm³/mol. The van der Waals surface area contributed by atoms with Gasteiger partial charge in [-0.2, -0.15) is 0 Å². The maximum absolute atomic E-state index is 13.5. The summed E-state index contributed by atoms with van der Waals surface area (Å²) in [7, 11) is 6.18. The third-order valence-electron chi connectivity index (χ3n) is 6.16. The van der Waals surface area contributed by atoms with Gasteiger partial charge in [-0.1, -0.05) is 61.2 Å². The Balaban J connectivity index is 1.93. The number of carbonyl (C=O) groups excluding carboxylic acids is 1. The molecule has 2 heterocycles. The van der Waals surface area contributed by atoms with Crippen molar-refractivity contribution in [3.63, 3.8) is 0 Å². The molecule has 0 fully saturated rings. The minimum atomic E-state index is 0.185. The van der Waals surface area contributed by atoms with Crippen LogP contribution in [0.3, 0.4) is 0 Å². The molecule has 2 aromatic carbocycles. The molecule has 1 radical (unpaired) electrons. The van der Waals surface area contributed by atoms with Crippen LogP contribution in [0, 0.1) is 0 Å². The van der Waals surface area contributed by atoms with E-state index in [0.29, 0.717) is 19.5 Å². The first-order valence-electron chi connectivity index (χ1n) is 11.1. The zero-order valence-electron chi connectivity index (χ0n) is 18.6. The van der Waals surface area contributed by atoms with Crippen molar-refractivity contribution in [1.29, 1.82) is 0 Å². The van der Waals surface area contributed by atoms with E-state index < -0.39 is 0 Å². The third kappa shape index (κ3) is 3.95. The lowest BCUT2D eigenvalue weighted by Crippen LogP contribution is -2.51. The summed E-state index contributed by atoms with van der Waals surface area (Å²) in [6, 6.07) is 16.5. The number of aromatic nitrogens is 3. The van der Waals surface area contributed by atoms with E-state index >= 15 is 0 Å². The first-order chi connectivity index (χ1) is 15.1. The molecule has 0 saturated heterocycles. The molecule has 0 saturated carbocycles. The maximum atomic E-state index is 13.5. The van der Waals surface area contributed by atoms with Crippen LogP contribution < -0.4 is 9.80 Å². The molecule has 159 valence electrons. The van der Waals surface area contributed by atoms with Crippen LogP contribution in [0.25, 0.3) is 22.5 Å². The smallest absolute Gasteiger partial charge is 0.319 e. The van der Waals surface area contributed by atoms with Gasteiger partial charge in [0, 0.05) is 30.3 Å². The van der Waals surface area contributed by atoms with E-state index in [9.17, 15) is 4.79 Å². The molecule has 4 rings (SSSR count). The quantitative estimate of drug-likeness (QED) is 0.363. The lowest BCUT2D eigenvalue weighted by molar-refractivity contribution is -0.129. The second-order valence-electron chi connectivity index (χ2n) is 8.27. The van der Waals surface area contributed by atoms with Crippen molar-refractivity contribution in [3.8, 4) is 22.5 Å². The van der Waals surface area contributed by atoms with Crippen LogP contribution in [0.15, 0.2) is 48.5 Å². The molecule has 31 heavy (non-hydrogen) atoms. The summed E-state index contributed by atoms with van der Waals surface area (Å²) in [6.07, 6.45) is 2.46. The molecule has 1 aromatic heterocycles. The Hall–Kier alpha value is -2.77. The Labute approximate surface area is 185 Å². The first kappa shape index (κ1) is 21.5. The molecule has 0 aliphatic carbocycles. The highest BCUT2D eigenvalue weighted by atomic mass is 16.2. The fraction of sp³-hybridized carbons (Fsp3) is 0.375. The van der Waals surface area contributed by atoms with Gasteiger partial charge in [-0.05, 0) is 13.1 Å². The fourth-order valence-corrected chi connectivity index (χ4v) is 4.46. The number of rotatable bonds is 7. The number of amides is 1. The summed E-state index contributed by atoms with van der Waals surface area (Å²) in [5, 5.41) is 12.3. The molecular weight excluding hydrogens is 385 g/mol. The van der Waals surface area contributed by atoms with Gasteiger partial charge in [0.05, 0.1) is 24.7 Å². The SMILES string of the molecule is CC[B]CCn1nnc2c1-c1ccccc1C[N+](C)(C(=O)CCNC)c1ccccc1-2. The average molecular weight is 415 g/mol. The molecule has 0 bridgehead atoms. The molecule has 1 aliphatic rings. The van der Waals surface area contributed by atoms with Gasteiger partial charge in [-0.25, -0.2) is 14.0 Å². The predicted octanol–water partition coefficient (Wildman–Crippen LogP) is 3.76. The highest BCUT2D eigenvalue weighted by Gasteiger charge is 2.40. The van der Waals surface area contributed by atoms with E-state index in [4.69, 9.17) is 0 Å². The molecule has 3 aromatic rings. The van der Waals surface area contributed by atoms with Crippen LogP contribution in [0.5, 0.6) is 0 Å². The van der Waals surface area contributed by atoms with Crippen LogP contribution in [0.2, 0.25) is 12.6 Å². The number of para-hydroxylation sites is 1. The fourth-order valence-electron chi connectivity index (χ4n) is 4.46. The summed E-state index contributed by atoms with van der Waals surface area (Å²) in [5.41, 5.74) is 6.11. The number of fused-ring (bicyclic) bond motifs is 5. The largest absolute Gasteiger partial charge is 0.320 e. The minimum absolute atomic E-state index is 0.185. The summed E-state index contributed by atoms with van der Waals surface area (Å²) in [4.78, 5) is 13.5. The topological polar surface area (TPSA) is 59.8 Å². The number of aryl methyl sites for hydroxylation is 1. The second-order valence-corrected chi connectivity index (χ2v) is 8.27. The van der Waals surface area contributed by atoms with Crippen molar-refractivity contribution in [2.75, 3.05) is 20.6 Å². The van der Waals surface area contributed by atoms with E-state index in [1.54, 1.807) is 0 Å². The number of carbonyl (C=O) groups is 1. The lowest BCUT2D eigenvalue weighted by Gasteiger charge is -2.34. The number of benzene rings is 2. The van der Waals surface area contributed by atoms with Crippen LogP contribution in [-0.2, 0) is 17.9 Å². The van der Waals surface area contributed by atoms with E-state index in [1.165, 1.54) is 0 Å². The molecule has 1 unspecified atom stereocenters. The van der Waals surface area contributed by atoms with Crippen molar-refractivity contribution in [3.05, 3.63) is 54.1 Å². The van der Waals surface area contributed by atoms with Gasteiger partial charge in [0.1, 0.15) is 25.2 Å². The Morgan fingerprint density at radius 2 is 1.90 bits per heavy atom. The number of hydrogen-bond acceptors (Lipinski definition) is 4. The number of nitrogens with zero attached hydrogens (tertiary/aromatic N) is 4. The van der Waals surface area contributed by atoms with Gasteiger partial charge < -0.3 is 5.32 Å². The van der Waals surface area contributed by atoms with Crippen LogP contribution in [0.1, 0.15) is 18.9 Å². The van der Waals surface area contributed by atoms with Gasteiger partial charge in [0.25, 0.3) is 0 Å². The van der Waals surface area contributed by atoms with Gasteiger partial charge in [-0.3, -0.25) is 0 Å². The maximum Gasteiger partial charge on any atom is 0.320 e. The van der Waals surface area contributed by atoms with Crippen LogP contribution in [-0.4, -0.2) is 48.8 Å². The van der Waals surface area contributed by atoms with Gasteiger partial charge >= 0.3 is 5.91 Å². The molecule has 0 spiro atoms. The number of hydrogen-bond donors (Lipinski definition) is 1. The van der Waals surface area contributed by atoms with Crippen molar-refractivity contribution in [1.82, 2.24) is 24.8 Å². The van der Waals surface area contributed by atoms with Gasteiger partial charge in [0.15, 0.2) is 0 Å². The van der Waals surface area contributed by atoms with Crippen LogP contribution in [0.4, 0.5) is 5.69 Å². The van der Waals surface area contributed by atoms with Gasteiger partial charge in [0.2, 0.25) is 0 Å². The summed E-state index contributed by atoms with van der Waals surface area (Å²) in [6.45, 7) is 4.20. The zero-order valence-corrected chi connectivity index (χ0v) is 18.6. The van der Waals surface area contributed by atoms with E-state index in [1.807, 2.05) is 37.0 Å². The number of quaternary nitrogens is 1. The highest BCUT2D eigenvalue weighted by molar-refractivity contribution is 6.35. The monoisotopic (exact) mass is 415 g/mol. The van der Waals surface area contributed by atoms with Crippen molar-refractivity contribution < 1.29 is 4.79 Å². The molecule has 1 aliphatic heterocycles. The summed E-state index contributed by atoms with van der Waals surface area (Å²) in [5.74, 6) is 0.185. The molecule has 6 nitrogen and oxygen atoms in total.